The average Bonchev–Trinajstić information content (AvgIpc) is 2.49. The van der Waals surface area contributed by atoms with Gasteiger partial charge in [-0.1, -0.05) is 72.6 Å². The first-order chi connectivity index (χ1) is 9.85. The molecule has 1 nitrogen and oxygen atoms in total. The Morgan fingerprint density at radius 2 is 1.76 bits per heavy atom. The van der Waals surface area contributed by atoms with Gasteiger partial charge in [-0.05, 0) is 35.6 Å². The third-order valence-electron chi connectivity index (χ3n) is 3.99. The van der Waals surface area contributed by atoms with E-state index in [1.807, 2.05) is 30.3 Å². The van der Waals surface area contributed by atoms with E-state index in [0.29, 0.717) is 16.1 Å². The maximum absolute atomic E-state index is 12.5. The molecule has 0 heterocycles. The Labute approximate surface area is 139 Å². The zero-order chi connectivity index (χ0) is 15.6. The van der Waals surface area contributed by atoms with Crippen LogP contribution in [0.1, 0.15) is 48.7 Å². The standard InChI is InChI=1S/C18H18BrClO/c1-4-18(2,3)13-7-5-12(6-8-13)17(21)15-11-14(19)9-10-16(15)20/h5-11H,4H2,1-3H3. The quantitative estimate of drug-likeness (QED) is 0.605. The number of ketones is 1. The van der Waals surface area contributed by atoms with Gasteiger partial charge in [0.2, 0.25) is 0 Å². The van der Waals surface area contributed by atoms with Crippen LogP contribution in [0.25, 0.3) is 0 Å². The Hall–Kier alpha value is -1.12. The molecule has 110 valence electrons. The molecule has 0 fully saturated rings. The fraction of sp³-hybridized carbons (Fsp3) is 0.278. The van der Waals surface area contributed by atoms with Crippen molar-refractivity contribution < 1.29 is 4.79 Å². The predicted molar refractivity (Wildman–Crippen MR) is 92.3 cm³/mol. The predicted octanol–water partition coefficient (Wildman–Crippen LogP) is 6.02. The third kappa shape index (κ3) is 3.56. The molecule has 0 unspecified atom stereocenters. The monoisotopic (exact) mass is 364 g/mol. The highest BCUT2D eigenvalue weighted by Crippen LogP contribution is 2.28. The minimum Gasteiger partial charge on any atom is -0.289 e. The number of carbonyl (C=O) groups excluding carboxylic acids is 1. The molecule has 0 atom stereocenters. The van der Waals surface area contributed by atoms with Crippen LogP contribution >= 0.6 is 27.5 Å². The molecule has 3 heteroatoms. The van der Waals surface area contributed by atoms with E-state index in [-0.39, 0.29) is 11.2 Å². The van der Waals surface area contributed by atoms with Gasteiger partial charge in [0.1, 0.15) is 0 Å². The van der Waals surface area contributed by atoms with Crippen molar-refractivity contribution in [3.63, 3.8) is 0 Å². The Kier molecular flexibility index (Phi) is 4.90. The minimum absolute atomic E-state index is 0.0536. The molecule has 21 heavy (non-hydrogen) atoms. The lowest BCUT2D eigenvalue weighted by Crippen LogP contribution is -2.15. The van der Waals surface area contributed by atoms with Gasteiger partial charge in [0, 0.05) is 15.6 Å². The molecule has 0 radical (unpaired) electrons. The zero-order valence-corrected chi connectivity index (χ0v) is 14.8. The van der Waals surface area contributed by atoms with E-state index in [1.165, 1.54) is 5.56 Å². The molecule has 0 aliphatic carbocycles. The van der Waals surface area contributed by atoms with Gasteiger partial charge in [-0.2, -0.15) is 0 Å². The van der Waals surface area contributed by atoms with Crippen molar-refractivity contribution in [2.24, 2.45) is 0 Å². The highest BCUT2D eigenvalue weighted by Gasteiger charge is 2.19. The summed E-state index contributed by atoms with van der Waals surface area (Å²) in [5, 5.41) is 0.473. The van der Waals surface area contributed by atoms with Crippen LogP contribution in [0.5, 0.6) is 0 Å². The lowest BCUT2D eigenvalue weighted by atomic mass is 9.82. The van der Waals surface area contributed by atoms with Crippen molar-refractivity contribution in [1.29, 1.82) is 0 Å². The van der Waals surface area contributed by atoms with Crippen molar-refractivity contribution in [2.45, 2.75) is 32.6 Å². The fourth-order valence-electron chi connectivity index (χ4n) is 2.10. The van der Waals surface area contributed by atoms with Gasteiger partial charge in [-0.3, -0.25) is 4.79 Å². The van der Waals surface area contributed by atoms with Crippen LogP contribution in [0.3, 0.4) is 0 Å². The van der Waals surface area contributed by atoms with E-state index in [0.717, 1.165) is 10.9 Å². The largest absolute Gasteiger partial charge is 0.289 e. The summed E-state index contributed by atoms with van der Waals surface area (Å²) >= 11 is 9.50. The SMILES string of the molecule is CCC(C)(C)c1ccc(C(=O)c2cc(Br)ccc2Cl)cc1. The summed E-state index contributed by atoms with van der Waals surface area (Å²) in [5.74, 6) is -0.0536. The van der Waals surface area contributed by atoms with Gasteiger partial charge in [-0.25, -0.2) is 0 Å². The molecule has 2 aromatic carbocycles. The Morgan fingerprint density at radius 3 is 2.33 bits per heavy atom. The molecular formula is C18H18BrClO. The number of hydrogen-bond donors (Lipinski definition) is 0. The van der Waals surface area contributed by atoms with Crippen molar-refractivity contribution in [2.75, 3.05) is 0 Å². The summed E-state index contributed by atoms with van der Waals surface area (Å²) in [6, 6.07) is 13.1. The maximum Gasteiger partial charge on any atom is 0.194 e. The van der Waals surface area contributed by atoms with E-state index in [4.69, 9.17) is 11.6 Å². The number of carbonyl (C=O) groups is 1. The Bertz CT molecular complexity index is 659. The van der Waals surface area contributed by atoms with Gasteiger partial charge in [0.15, 0.2) is 5.78 Å². The molecule has 0 saturated heterocycles. The highest BCUT2D eigenvalue weighted by atomic mass is 79.9. The second kappa shape index (κ2) is 6.33. The van der Waals surface area contributed by atoms with Gasteiger partial charge < -0.3 is 0 Å². The normalized spacial score (nSPS) is 11.5. The van der Waals surface area contributed by atoms with Gasteiger partial charge in [-0.15, -0.1) is 0 Å². The lowest BCUT2D eigenvalue weighted by molar-refractivity contribution is 0.103. The minimum atomic E-state index is -0.0536. The molecular weight excluding hydrogens is 348 g/mol. The summed E-state index contributed by atoms with van der Waals surface area (Å²) in [6.45, 7) is 6.57. The Morgan fingerprint density at radius 1 is 1.14 bits per heavy atom. The van der Waals surface area contributed by atoms with Crippen LogP contribution in [0, 0.1) is 0 Å². The molecule has 0 aliphatic rings. The molecule has 0 N–H and O–H groups in total. The molecule has 2 rings (SSSR count). The van der Waals surface area contributed by atoms with Gasteiger partial charge in [0.25, 0.3) is 0 Å². The van der Waals surface area contributed by atoms with Crippen LogP contribution in [-0.2, 0) is 5.41 Å². The van der Waals surface area contributed by atoms with Crippen LogP contribution in [0.15, 0.2) is 46.9 Å². The molecule has 0 spiro atoms. The number of rotatable bonds is 4. The van der Waals surface area contributed by atoms with Crippen molar-refractivity contribution in [3.05, 3.63) is 68.7 Å². The Balaban J connectivity index is 2.35. The van der Waals surface area contributed by atoms with Gasteiger partial charge >= 0.3 is 0 Å². The van der Waals surface area contributed by atoms with E-state index >= 15 is 0 Å². The number of hydrogen-bond acceptors (Lipinski definition) is 1. The summed E-state index contributed by atoms with van der Waals surface area (Å²) in [7, 11) is 0. The molecule has 0 aromatic heterocycles. The van der Waals surface area contributed by atoms with Crippen LogP contribution in [0.2, 0.25) is 5.02 Å². The maximum atomic E-state index is 12.5. The number of benzene rings is 2. The van der Waals surface area contributed by atoms with E-state index in [9.17, 15) is 4.79 Å². The van der Waals surface area contributed by atoms with Gasteiger partial charge in [0.05, 0.1) is 5.02 Å². The lowest BCUT2D eigenvalue weighted by Gasteiger charge is -2.23. The first-order valence-corrected chi connectivity index (χ1v) is 8.12. The second-order valence-electron chi connectivity index (χ2n) is 5.77. The van der Waals surface area contributed by atoms with Crippen LogP contribution < -0.4 is 0 Å². The van der Waals surface area contributed by atoms with Crippen molar-refractivity contribution in [3.8, 4) is 0 Å². The second-order valence-corrected chi connectivity index (χ2v) is 7.09. The summed E-state index contributed by atoms with van der Waals surface area (Å²) in [4.78, 5) is 12.5. The van der Waals surface area contributed by atoms with E-state index in [2.05, 4.69) is 36.7 Å². The molecule has 0 saturated carbocycles. The summed E-state index contributed by atoms with van der Waals surface area (Å²) in [6.07, 6.45) is 1.05. The number of halogens is 2. The van der Waals surface area contributed by atoms with E-state index in [1.54, 1.807) is 12.1 Å². The molecule has 0 aliphatic heterocycles. The smallest absolute Gasteiger partial charge is 0.194 e. The molecule has 0 amide bonds. The highest BCUT2D eigenvalue weighted by molar-refractivity contribution is 9.10. The van der Waals surface area contributed by atoms with Crippen LogP contribution in [-0.4, -0.2) is 5.78 Å². The van der Waals surface area contributed by atoms with E-state index < -0.39 is 0 Å². The summed E-state index contributed by atoms with van der Waals surface area (Å²) in [5.41, 5.74) is 2.54. The zero-order valence-electron chi connectivity index (χ0n) is 12.4. The van der Waals surface area contributed by atoms with Crippen molar-refractivity contribution in [1.82, 2.24) is 0 Å². The molecule has 0 bridgehead atoms. The topological polar surface area (TPSA) is 17.1 Å². The first kappa shape index (κ1) is 16.3. The average molecular weight is 366 g/mol. The van der Waals surface area contributed by atoms with Crippen molar-refractivity contribution >= 4 is 33.3 Å². The fourth-order valence-corrected chi connectivity index (χ4v) is 2.67. The first-order valence-electron chi connectivity index (χ1n) is 6.95. The van der Waals surface area contributed by atoms with Crippen LogP contribution in [0.4, 0.5) is 0 Å². The summed E-state index contributed by atoms with van der Waals surface area (Å²) < 4.78 is 0.846. The third-order valence-corrected chi connectivity index (χ3v) is 4.81. The molecule has 2 aromatic rings.